The third kappa shape index (κ3) is 13.5. The van der Waals surface area contributed by atoms with Gasteiger partial charge in [-0.25, -0.2) is 0 Å². The highest BCUT2D eigenvalue weighted by Gasteiger charge is 2.49. The SMILES string of the molecule is [N-]=[N+]=N[C@@H](CO[C@@H]1O[C@H](COCc2ccccc2)[C@H](OCc2ccccc2)[C@H](OCc2ccccc2)[C@H]1OCc1ccccc1)[C@@H](/C=C/CO)OCc1ccccc1. The molecular formula is C47H51N3O8. The Hall–Kier alpha value is -5.17. The van der Waals surface area contributed by atoms with E-state index in [4.69, 9.17) is 33.2 Å². The van der Waals surface area contributed by atoms with Gasteiger partial charge in [0.1, 0.15) is 24.4 Å². The maximum absolute atomic E-state index is 9.70. The molecule has 0 aromatic heterocycles. The summed E-state index contributed by atoms with van der Waals surface area (Å²) in [6, 6.07) is 48.5. The minimum Gasteiger partial charge on any atom is -0.392 e. The van der Waals surface area contributed by atoms with Gasteiger partial charge < -0.3 is 38.3 Å². The zero-order valence-electron chi connectivity index (χ0n) is 32.4. The molecule has 11 heteroatoms. The number of aliphatic hydroxyl groups is 1. The summed E-state index contributed by atoms with van der Waals surface area (Å²) >= 11 is 0. The zero-order chi connectivity index (χ0) is 40.0. The fraction of sp³-hybridized carbons (Fsp3) is 0.319. The maximum atomic E-state index is 9.70. The Morgan fingerprint density at radius 2 is 1.03 bits per heavy atom. The fourth-order valence-corrected chi connectivity index (χ4v) is 6.59. The van der Waals surface area contributed by atoms with E-state index in [9.17, 15) is 10.6 Å². The summed E-state index contributed by atoms with van der Waals surface area (Å²) in [5, 5.41) is 13.7. The normalized spacial score (nSPS) is 20.3. The van der Waals surface area contributed by atoms with E-state index in [0.717, 1.165) is 27.8 Å². The Bertz CT molecular complexity index is 1940. The molecule has 1 aliphatic rings. The molecule has 0 unspecified atom stereocenters. The molecule has 6 rings (SSSR count). The Labute approximate surface area is 340 Å². The van der Waals surface area contributed by atoms with Gasteiger partial charge in [-0.1, -0.05) is 169 Å². The predicted octanol–water partition coefficient (Wildman–Crippen LogP) is 8.51. The van der Waals surface area contributed by atoms with Crippen molar-refractivity contribution in [2.24, 2.45) is 5.11 Å². The number of azide groups is 1. The van der Waals surface area contributed by atoms with Crippen molar-refractivity contribution in [2.45, 2.75) is 75.9 Å². The van der Waals surface area contributed by atoms with Gasteiger partial charge >= 0.3 is 0 Å². The van der Waals surface area contributed by atoms with Crippen LogP contribution in [-0.2, 0) is 66.2 Å². The van der Waals surface area contributed by atoms with Crippen molar-refractivity contribution >= 4 is 0 Å². The molecule has 1 saturated heterocycles. The summed E-state index contributed by atoms with van der Waals surface area (Å²) in [6.07, 6.45) is -1.33. The van der Waals surface area contributed by atoms with Crippen LogP contribution in [0.3, 0.4) is 0 Å². The van der Waals surface area contributed by atoms with Gasteiger partial charge in [-0.15, -0.1) is 0 Å². The van der Waals surface area contributed by atoms with Crippen LogP contribution in [0.15, 0.2) is 169 Å². The molecule has 302 valence electrons. The van der Waals surface area contributed by atoms with Crippen molar-refractivity contribution in [3.05, 3.63) is 202 Å². The average Bonchev–Trinajstić information content (AvgIpc) is 3.28. The lowest BCUT2D eigenvalue weighted by Gasteiger charge is -2.46. The second-order valence-corrected chi connectivity index (χ2v) is 13.8. The van der Waals surface area contributed by atoms with Gasteiger partial charge in [0.25, 0.3) is 0 Å². The Kier molecular flexibility index (Phi) is 17.5. The monoisotopic (exact) mass is 785 g/mol. The standard InChI is InChI=1S/C47H51N3O8/c48-50-49-41(42(27-16-28-51)53-30-37-19-8-2-9-20-37)34-57-47-46(56-33-40-25-14-5-15-26-40)45(55-32-39-23-12-4-13-24-39)44(54-31-38-21-10-3-11-22-38)43(58-47)35-52-29-36-17-6-1-7-18-36/h1-27,41-47,51H,28-35H2/b27-16+/t41-,42+,43+,44-,45-,46+,47+/m0/s1. The maximum Gasteiger partial charge on any atom is 0.186 e. The van der Waals surface area contributed by atoms with Crippen molar-refractivity contribution in [1.82, 2.24) is 0 Å². The number of aliphatic hydroxyl groups excluding tert-OH is 1. The molecule has 1 N–H and O–H groups in total. The topological polar surface area (TPSA) is 134 Å². The van der Waals surface area contributed by atoms with E-state index in [1.807, 2.05) is 152 Å². The van der Waals surface area contributed by atoms with E-state index in [1.165, 1.54) is 0 Å². The molecule has 0 radical (unpaired) electrons. The van der Waals surface area contributed by atoms with Gasteiger partial charge in [-0.3, -0.25) is 0 Å². The Morgan fingerprint density at radius 3 is 1.52 bits per heavy atom. The van der Waals surface area contributed by atoms with Crippen molar-refractivity contribution in [3.8, 4) is 0 Å². The van der Waals surface area contributed by atoms with Crippen LogP contribution in [-0.4, -0.2) is 67.8 Å². The summed E-state index contributed by atoms with van der Waals surface area (Å²) in [5.41, 5.74) is 14.6. The van der Waals surface area contributed by atoms with E-state index in [-0.39, 0.29) is 39.6 Å². The van der Waals surface area contributed by atoms with Gasteiger partial charge in [0, 0.05) is 4.91 Å². The molecule has 1 aliphatic heterocycles. The van der Waals surface area contributed by atoms with Gasteiger partial charge in [0.2, 0.25) is 0 Å². The average molecular weight is 786 g/mol. The van der Waals surface area contributed by atoms with Crippen LogP contribution in [0.4, 0.5) is 0 Å². The minimum absolute atomic E-state index is 0.103. The summed E-state index contributed by atoms with van der Waals surface area (Å²) in [7, 11) is 0. The van der Waals surface area contributed by atoms with E-state index < -0.39 is 42.9 Å². The van der Waals surface area contributed by atoms with Gasteiger partial charge in [-0.2, -0.15) is 0 Å². The fourth-order valence-electron chi connectivity index (χ4n) is 6.59. The quantitative estimate of drug-likeness (QED) is 0.0302. The summed E-state index contributed by atoms with van der Waals surface area (Å²) in [6.45, 7) is 1.25. The highest BCUT2D eigenvalue weighted by atomic mass is 16.7. The second kappa shape index (κ2) is 23.9. The number of hydrogen-bond acceptors (Lipinski definition) is 9. The molecule has 11 nitrogen and oxygen atoms in total. The number of nitrogens with zero attached hydrogens (tertiary/aromatic N) is 3. The molecule has 5 aromatic carbocycles. The minimum atomic E-state index is -1.01. The molecule has 0 saturated carbocycles. The van der Waals surface area contributed by atoms with E-state index in [2.05, 4.69) is 10.0 Å². The molecule has 7 atom stereocenters. The number of hydrogen-bond donors (Lipinski definition) is 1. The van der Waals surface area contributed by atoms with Crippen molar-refractivity contribution in [1.29, 1.82) is 0 Å². The van der Waals surface area contributed by atoms with Gasteiger partial charge in [-0.05, 0) is 33.3 Å². The summed E-state index contributed by atoms with van der Waals surface area (Å²) < 4.78 is 46.3. The van der Waals surface area contributed by atoms with Crippen LogP contribution in [0.5, 0.6) is 0 Å². The first-order valence-corrected chi connectivity index (χ1v) is 19.5. The first kappa shape index (κ1) is 42.4. The molecular weight excluding hydrogens is 735 g/mol. The number of rotatable bonds is 23. The Morgan fingerprint density at radius 1 is 0.586 bits per heavy atom. The van der Waals surface area contributed by atoms with E-state index in [0.29, 0.717) is 13.2 Å². The van der Waals surface area contributed by atoms with Crippen LogP contribution in [0.25, 0.3) is 10.4 Å². The van der Waals surface area contributed by atoms with Crippen molar-refractivity contribution < 1.29 is 38.3 Å². The van der Waals surface area contributed by atoms with Crippen LogP contribution in [0.1, 0.15) is 27.8 Å². The lowest BCUT2D eigenvalue weighted by molar-refractivity contribution is -0.329. The van der Waals surface area contributed by atoms with Crippen LogP contribution >= 0.6 is 0 Å². The van der Waals surface area contributed by atoms with Crippen LogP contribution < -0.4 is 0 Å². The molecule has 1 fully saturated rings. The van der Waals surface area contributed by atoms with Crippen molar-refractivity contribution in [3.63, 3.8) is 0 Å². The highest BCUT2D eigenvalue weighted by molar-refractivity contribution is 5.17. The Balaban J connectivity index is 1.31. The second-order valence-electron chi connectivity index (χ2n) is 13.8. The smallest absolute Gasteiger partial charge is 0.186 e. The lowest BCUT2D eigenvalue weighted by Crippen LogP contribution is -2.62. The molecule has 0 bridgehead atoms. The lowest BCUT2D eigenvalue weighted by atomic mass is 9.97. The van der Waals surface area contributed by atoms with E-state index in [1.54, 1.807) is 12.2 Å². The summed E-state index contributed by atoms with van der Waals surface area (Å²) in [4.78, 5) is 3.14. The van der Waals surface area contributed by atoms with Crippen LogP contribution in [0.2, 0.25) is 0 Å². The molecule has 58 heavy (non-hydrogen) atoms. The summed E-state index contributed by atoms with van der Waals surface area (Å²) in [5.74, 6) is 0. The van der Waals surface area contributed by atoms with Crippen molar-refractivity contribution in [2.75, 3.05) is 19.8 Å². The predicted molar refractivity (Wildman–Crippen MR) is 220 cm³/mol. The zero-order valence-corrected chi connectivity index (χ0v) is 32.4. The first-order chi connectivity index (χ1) is 28.7. The van der Waals surface area contributed by atoms with E-state index >= 15 is 0 Å². The molecule has 1 heterocycles. The number of benzene rings is 5. The highest BCUT2D eigenvalue weighted by Crippen LogP contribution is 2.32. The molecule has 0 aliphatic carbocycles. The largest absolute Gasteiger partial charge is 0.392 e. The number of ether oxygens (including phenoxy) is 7. The van der Waals surface area contributed by atoms with Crippen LogP contribution in [0, 0.1) is 0 Å². The first-order valence-electron chi connectivity index (χ1n) is 19.5. The van der Waals surface area contributed by atoms with Gasteiger partial charge in [0.15, 0.2) is 6.29 Å². The van der Waals surface area contributed by atoms with Gasteiger partial charge in [0.05, 0.1) is 65.0 Å². The molecule has 5 aromatic rings. The third-order valence-corrected chi connectivity index (χ3v) is 9.57. The molecule has 0 spiro atoms. The third-order valence-electron chi connectivity index (χ3n) is 9.57. The molecule has 0 amide bonds.